The number of nitrogens with one attached hydrogen (secondary N) is 1. The predicted octanol–water partition coefficient (Wildman–Crippen LogP) is 4.03. The number of anilines is 1. The number of likely N-dealkylation sites (tertiary alicyclic amines) is 1. The van der Waals surface area contributed by atoms with E-state index in [1.54, 1.807) is 11.3 Å². The molecular formula is C20H22N4OS. The van der Waals surface area contributed by atoms with Gasteiger partial charge in [0.15, 0.2) is 0 Å². The Hall–Kier alpha value is -2.31. The van der Waals surface area contributed by atoms with Crippen LogP contribution >= 0.6 is 11.3 Å². The van der Waals surface area contributed by atoms with Crippen molar-refractivity contribution in [3.05, 3.63) is 42.2 Å². The van der Waals surface area contributed by atoms with E-state index in [-0.39, 0.29) is 5.91 Å². The molecule has 1 saturated heterocycles. The summed E-state index contributed by atoms with van der Waals surface area (Å²) in [6.07, 6.45) is 6.02. The summed E-state index contributed by atoms with van der Waals surface area (Å²) in [6, 6.07) is 8.19. The fourth-order valence-corrected chi connectivity index (χ4v) is 3.95. The minimum atomic E-state index is 0.00464. The van der Waals surface area contributed by atoms with Gasteiger partial charge in [0, 0.05) is 17.8 Å². The quantitative estimate of drug-likeness (QED) is 0.757. The Morgan fingerprint density at radius 3 is 2.85 bits per heavy atom. The number of carbonyl (C=O) groups excluding carboxylic acids is 1. The molecule has 4 rings (SSSR count). The number of pyridine rings is 1. The van der Waals surface area contributed by atoms with Crippen molar-refractivity contribution in [2.75, 3.05) is 25.0 Å². The van der Waals surface area contributed by atoms with Crippen LogP contribution in [0.15, 0.2) is 42.2 Å². The number of nitrogens with zero attached hydrogens (tertiary/aromatic N) is 3. The Labute approximate surface area is 157 Å². The summed E-state index contributed by atoms with van der Waals surface area (Å²) in [5, 5.41) is 5.07. The largest absolute Gasteiger partial charge is 0.310 e. The Kier molecular flexibility index (Phi) is 4.95. The molecule has 0 unspecified atom stereocenters. The lowest BCUT2D eigenvalue weighted by atomic mass is 9.99. The first-order valence-corrected chi connectivity index (χ1v) is 9.86. The maximum absolute atomic E-state index is 12.4. The number of carbonyl (C=O) groups is 1. The number of hydrogen-bond donors (Lipinski definition) is 1. The van der Waals surface area contributed by atoms with Gasteiger partial charge in [-0.05, 0) is 54.9 Å². The highest BCUT2D eigenvalue weighted by Crippen LogP contribution is 2.27. The zero-order valence-electron chi connectivity index (χ0n) is 14.8. The minimum Gasteiger partial charge on any atom is -0.310 e. The van der Waals surface area contributed by atoms with Crippen LogP contribution in [0.2, 0.25) is 0 Å². The van der Waals surface area contributed by atoms with Crippen molar-refractivity contribution in [2.45, 2.75) is 19.8 Å². The van der Waals surface area contributed by atoms with Crippen molar-refractivity contribution in [3.8, 4) is 10.4 Å². The fourth-order valence-electron chi connectivity index (χ4n) is 3.33. The Balaban J connectivity index is 1.47. The van der Waals surface area contributed by atoms with Gasteiger partial charge in [0.1, 0.15) is 5.82 Å². The summed E-state index contributed by atoms with van der Waals surface area (Å²) in [6.45, 7) is 4.71. The van der Waals surface area contributed by atoms with Gasteiger partial charge in [-0.25, -0.2) is 4.98 Å². The molecule has 3 heterocycles. The maximum Gasteiger partial charge on any atom is 0.239 e. The third-order valence-electron chi connectivity index (χ3n) is 4.95. The number of thiazole rings is 1. The smallest absolute Gasteiger partial charge is 0.239 e. The molecule has 3 aromatic rings. The van der Waals surface area contributed by atoms with E-state index >= 15 is 0 Å². The molecule has 1 aliphatic heterocycles. The van der Waals surface area contributed by atoms with Crippen molar-refractivity contribution >= 4 is 33.8 Å². The van der Waals surface area contributed by atoms with Gasteiger partial charge in [-0.3, -0.25) is 14.7 Å². The van der Waals surface area contributed by atoms with Crippen molar-refractivity contribution in [1.82, 2.24) is 14.9 Å². The van der Waals surface area contributed by atoms with Crippen LogP contribution in [0.3, 0.4) is 0 Å². The van der Waals surface area contributed by atoms with E-state index in [1.807, 2.05) is 24.0 Å². The average Bonchev–Trinajstić information content (AvgIpc) is 3.18. The van der Waals surface area contributed by atoms with Crippen LogP contribution in [-0.2, 0) is 4.79 Å². The van der Waals surface area contributed by atoms with Crippen LogP contribution in [0, 0.1) is 5.92 Å². The predicted molar refractivity (Wildman–Crippen MR) is 106 cm³/mol. The van der Waals surface area contributed by atoms with Crippen molar-refractivity contribution in [2.24, 2.45) is 5.92 Å². The van der Waals surface area contributed by atoms with E-state index in [4.69, 9.17) is 0 Å². The summed E-state index contributed by atoms with van der Waals surface area (Å²) >= 11 is 1.62. The van der Waals surface area contributed by atoms with E-state index in [0.29, 0.717) is 12.4 Å². The summed E-state index contributed by atoms with van der Waals surface area (Å²) in [7, 11) is 0. The molecular weight excluding hydrogens is 344 g/mol. The van der Waals surface area contributed by atoms with Crippen LogP contribution in [0.25, 0.3) is 21.2 Å². The number of fused-ring (bicyclic) bond motifs is 1. The molecule has 0 bridgehead atoms. The molecule has 2 aromatic heterocycles. The van der Waals surface area contributed by atoms with Gasteiger partial charge in [-0.15, -0.1) is 11.3 Å². The van der Waals surface area contributed by atoms with E-state index in [0.717, 1.165) is 40.2 Å². The maximum atomic E-state index is 12.4. The summed E-state index contributed by atoms with van der Waals surface area (Å²) in [4.78, 5) is 24.2. The lowest BCUT2D eigenvalue weighted by Crippen LogP contribution is -2.38. The van der Waals surface area contributed by atoms with Gasteiger partial charge in [-0.2, -0.15) is 0 Å². The molecule has 6 heteroatoms. The van der Waals surface area contributed by atoms with Gasteiger partial charge in [0.05, 0.1) is 16.9 Å². The second-order valence-electron chi connectivity index (χ2n) is 7.00. The molecule has 0 saturated carbocycles. The standard InChI is InChI=1S/C20H22N4OS/c1-14-4-6-24(7-5-14)12-20(25)23-19-9-17-8-15(18-11-21-13-26-18)2-3-16(17)10-22-19/h2-3,8-11,13-14H,4-7,12H2,1H3,(H,22,23,25). The van der Waals surface area contributed by atoms with Crippen molar-refractivity contribution in [1.29, 1.82) is 0 Å². The molecule has 0 radical (unpaired) electrons. The second kappa shape index (κ2) is 7.51. The molecule has 26 heavy (non-hydrogen) atoms. The monoisotopic (exact) mass is 366 g/mol. The van der Waals surface area contributed by atoms with Crippen molar-refractivity contribution in [3.63, 3.8) is 0 Å². The SMILES string of the molecule is CC1CCN(CC(=O)Nc2cc3cc(-c4cncs4)ccc3cn2)CC1. The third kappa shape index (κ3) is 3.92. The van der Waals surface area contributed by atoms with Gasteiger partial charge in [0.2, 0.25) is 5.91 Å². The Bertz CT molecular complexity index is 901. The molecule has 0 atom stereocenters. The van der Waals surface area contributed by atoms with E-state index < -0.39 is 0 Å². The number of piperidine rings is 1. The first-order chi connectivity index (χ1) is 12.7. The summed E-state index contributed by atoms with van der Waals surface area (Å²) in [5.41, 5.74) is 2.96. The Morgan fingerprint density at radius 1 is 1.23 bits per heavy atom. The number of benzene rings is 1. The van der Waals surface area contributed by atoms with Crippen LogP contribution in [0.1, 0.15) is 19.8 Å². The molecule has 1 fully saturated rings. The topological polar surface area (TPSA) is 58.1 Å². The van der Waals surface area contributed by atoms with E-state index in [2.05, 4.69) is 45.3 Å². The number of amides is 1. The second-order valence-corrected chi connectivity index (χ2v) is 7.89. The molecule has 1 N–H and O–H groups in total. The highest BCUT2D eigenvalue weighted by atomic mass is 32.1. The first-order valence-electron chi connectivity index (χ1n) is 8.98. The van der Waals surface area contributed by atoms with Crippen LogP contribution in [-0.4, -0.2) is 40.4 Å². The third-order valence-corrected chi connectivity index (χ3v) is 5.77. The van der Waals surface area contributed by atoms with Crippen LogP contribution in [0.4, 0.5) is 5.82 Å². The van der Waals surface area contributed by atoms with Crippen molar-refractivity contribution < 1.29 is 4.79 Å². The zero-order valence-corrected chi connectivity index (χ0v) is 15.6. The van der Waals surface area contributed by atoms with Gasteiger partial charge in [-0.1, -0.05) is 19.1 Å². The fraction of sp³-hybridized carbons (Fsp3) is 0.350. The molecule has 0 aliphatic carbocycles. The zero-order chi connectivity index (χ0) is 17.9. The van der Waals surface area contributed by atoms with E-state index in [1.165, 1.54) is 12.8 Å². The highest BCUT2D eigenvalue weighted by molar-refractivity contribution is 7.13. The Morgan fingerprint density at radius 2 is 2.08 bits per heavy atom. The number of rotatable bonds is 4. The molecule has 1 amide bonds. The summed E-state index contributed by atoms with van der Waals surface area (Å²) < 4.78 is 0. The number of hydrogen-bond acceptors (Lipinski definition) is 5. The number of aromatic nitrogens is 2. The molecule has 0 spiro atoms. The lowest BCUT2D eigenvalue weighted by molar-refractivity contribution is -0.117. The molecule has 1 aromatic carbocycles. The molecule has 134 valence electrons. The average molecular weight is 366 g/mol. The lowest BCUT2D eigenvalue weighted by Gasteiger charge is -2.29. The van der Waals surface area contributed by atoms with Gasteiger partial charge >= 0.3 is 0 Å². The van der Waals surface area contributed by atoms with Gasteiger partial charge < -0.3 is 5.32 Å². The van der Waals surface area contributed by atoms with Gasteiger partial charge in [0.25, 0.3) is 0 Å². The molecule has 1 aliphatic rings. The van der Waals surface area contributed by atoms with E-state index in [9.17, 15) is 4.79 Å². The van der Waals surface area contributed by atoms with Crippen LogP contribution < -0.4 is 5.32 Å². The first kappa shape index (κ1) is 17.1. The van der Waals surface area contributed by atoms with Crippen LogP contribution in [0.5, 0.6) is 0 Å². The minimum absolute atomic E-state index is 0.00464. The molecule has 5 nitrogen and oxygen atoms in total. The normalized spacial score (nSPS) is 16.0. The summed E-state index contributed by atoms with van der Waals surface area (Å²) in [5.74, 6) is 1.38. The highest BCUT2D eigenvalue weighted by Gasteiger charge is 2.18.